The fourth-order valence-corrected chi connectivity index (χ4v) is 1.61. The summed E-state index contributed by atoms with van der Waals surface area (Å²) in [5.41, 5.74) is 5.87. The van der Waals surface area contributed by atoms with Crippen molar-refractivity contribution in [2.75, 3.05) is 12.1 Å². The lowest BCUT2D eigenvalue weighted by molar-refractivity contribution is 0.272. The number of rotatable bonds is 4. The molecule has 0 saturated carbocycles. The summed E-state index contributed by atoms with van der Waals surface area (Å²) >= 11 is 4.27. The minimum atomic E-state index is -0.759. The second-order valence-corrected chi connectivity index (χ2v) is 5.37. The Morgan fingerprint density at radius 1 is 1.47 bits per heavy atom. The number of nitrogens with two attached hydrogens (primary N) is 1. The van der Waals surface area contributed by atoms with Crippen molar-refractivity contribution in [2.45, 2.75) is 18.2 Å². The lowest BCUT2D eigenvalue weighted by Gasteiger charge is -2.16. The van der Waals surface area contributed by atoms with E-state index in [1.165, 1.54) is 11.7 Å². The first-order chi connectivity index (χ1) is 8.87. The summed E-state index contributed by atoms with van der Waals surface area (Å²) in [4.78, 5) is 11.6. The van der Waals surface area contributed by atoms with Crippen molar-refractivity contribution in [3.8, 4) is 5.95 Å². The van der Waals surface area contributed by atoms with Gasteiger partial charge in [-0.15, -0.1) is 5.10 Å². The van der Waals surface area contributed by atoms with Gasteiger partial charge in [0.15, 0.2) is 0 Å². The number of thiol groups is 1. The molecule has 2 heterocycles. The minimum Gasteiger partial charge on any atom is -0.317 e. The molecule has 2 aromatic rings. The van der Waals surface area contributed by atoms with Crippen molar-refractivity contribution in [3.05, 3.63) is 24.3 Å². The van der Waals surface area contributed by atoms with Gasteiger partial charge in [-0.1, -0.05) is 0 Å². The van der Waals surface area contributed by atoms with Crippen molar-refractivity contribution in [2.24, 2.45) is 5.73 Å². The molecule has 9 heteroatoms. The zero-order valence-corrected chi connectivity index (χ0v) is 11.5. The third kappa shape index (κ3) is 3.40. The van der Waals surface area contributed by atoms with Crippen LogP contribution in [0.5, 0.6) is 0 Å². The third-order valence-corrected chi connectivity index (χ3v) is 2.37. The van der Waals surface area contributed by atoms with Crippen LogP contribution in [0.2, 0.25) is 0 Å². The Bertz CT molecular complexity index is 549. The highest BCUT2D eigenvalue weighted by Crippen LogP contribution is 2.17. The first-order valence-corrected chi connectivity index (χ1v) is 5.99. The van der Waals surface area contributed by atoms with Crippen LogP contribution in [0.25, 0.3) is 5.95 Å². The molecule has 0 amide bonds. The number of hydroxylamine groups is 1. The van der Waals surface area contributed by atoms with E-state index < -0.39 is 4.87 Å². The molecule has 102 valence electrons. The number of hydrogen-bond acceptors (Lipinski definition) is 8. The summed E-state index contributed by atoms with van der Waals surface area (Å²) in [6.07, 6.45) is 3.53. The molecule has 0 aliphatic rings. The van der Waals surface area contributed by atoms with Crippen LogP contribution in [-0.2, 0) is 6.42 Å². The molecule has 1 unspecified atom stereocenters. The van der Waals surface area contributed by atoms with E-state index in [2.05, 4.69) is 32.7 Å². The van der Waals surface area contributed by atoms with E-state index >= 15 is 0 Å². The molecule has 8 nitrogen and oxygen atoms in total. The number of aromatic nitrogens is 5. The van der Waals surface area contributed by atoms with E-state index in [-0.39, 0.29) is 5.95 Å². The van der Waals surface area contributed by atoms with Gasteiger partial charge < -0.3 is 5.73 Å². The summed E-state index contributed by atoms with van der Waals surface area (Å²) < 4.78 is 1.43. The van der Waals surface area contributed by atoms with Crippen LogP contribution in [-0.4, -0.2) is 41.9 Å². The van der Waals surface area contributed by atoms with Crippen LogP contribution in [0.15, 0.2) is 18.5 Å². The standard InChI is InChI=1S/C10H15N7OS/c1-10(11,19)6-7-14-9(16(2)18)15-17(7)8-12-4-3-5-13-8/h3-5,18-19H,6,11H2,1-2H3. The smallest absolute Gasteiger partial charge is 0.269 e. The van der Waals surface area contributed by atoms with Gasteiger partial charge >= 0.3 is 0 Å². The topological polar surface area (TPSA) is 106 Å². The highest BCUT2D eigenvalue weighted by molar-refractivity contribution is 7.81. The Hall–Kier alpha value is -1.71. The zero-order valence-electron chi connectivity index (χ0n) is 10.6. The molecule has 0 saturated heterocycles. The van der Waals surface area contributed by atoms with Gasteiger partial charge in [0.2, 0.25) is 0 Å². The maximum atomic E-state index is 9.41. The second-order valence-electron chi connectivity index (χ2n) is 4.35. The predicted molar refractivity (Wildman–Crippen MR) is 72.4 cm³/mol. The predicted octanol–water partition coefficient (Wildman–Crippen LogP) is 0.0299. The van der Waals surface area contributed by atoms with Gasteiger partial charge in [-0.3, -0.25) is 5.21 Å². The third-order valence-electron chi connectivity index (χ3n) is 2.21. The molecular formula is C10H15N7OS. The SMILES string of the molecule is CN(O)c1nc(CC(C)(N)S)n(-c2ncccn2)n1. The highest BCUT2D eigenvalue weighted by atomic mass is 32.1. The van der Waals surface area contributed by atoms with Gasteiger partial charge in [0.05, 0.1) is 4.87 Å². The van der Waals surface area contributed by atoms with Crippen LogP contribution in [0.3, 0.4) is 0 Å². The van der Waals surface area contributed by atoms with Crippen LogP contribution in [0, 0.1) is 0 Å². The Morgan fingerprint density at radius 3 is 2.63 bits per heavy atom. The van der Waals surface area contributed by atoms with E-state index in [0.29, 0.717) is 18.2 Å². The van der Waals surface area contributed by atoms with Crippen molar-refractivity contribution < 1.29 is 5.21 Å². The molecule has 19 heavy (non-hydrogen) atoms. The first kappa shape index (κ1) is 13.7. The molecule has 0 radical (unpaired) electrons. The monoisotopic (exact) mass is 281 g/mol. The Kier molecular flexibility index (Phi) is 3.69. The van der Waals surface area contributed by atoms with E-state index in [0.717, 1.165) is 5.06 Å². The fraction of sp³-hybridized carbons (Fsp3) is 0.400. The Morgan fingerprint density at radius 2 is 2.11 bits per heavy atom. The lowest BCUT2D eigenvalue weighted by Crippen LogP contribution is -2.33. The van der Waals surface area contributed by atoms with Crippen molar-refractivity contribution in [3.63, 3.8) is 0 Å². The zero-order chi connectivity index (χ0) is 14.0. The molecule has 0 bridgehead atoms. The summed E-state index contributed by atoms with van der Waals surface area (Å²) in [7, 11) is 1.43. The molecule has 3 N–H and O–H groups in total. The van der Waals surface area contributed by atoms with Crippen molar-refractivity contribution >= 4 is 18.6 Å². The van der Waals surface area contributed by atoms with Gasteiger partial charge in [-0.2, -0.15) is 22.3 Å². The van der Waals surface area contributed by atoms with Crippen LogP contribution >= 0.6 is 12.6 Å². The van der Waals surface area contributed by atoms with Gasteiger partial charge in [0, 0.05) is 25.9 Å². The molecule has 0 aromatic carbocycles. The highest BCUT2D eigenvalue weighted by Gasteiger charge is 2.22. The van der Waals surface area contributed by atoms with Crippen LogP contribution in [0.1, 0.15) is 12.7 Å². The average Bonchev–Trinajstić information content (AvgIpc) is 2.72. The maximum Gasteiger partial charge on any atom is 0.269 e. The summed E-state index contributed by atoms with van der Waals surface area (Å²) in [6, 6.07) is 1.70. The van der Waals surface area contributed by atoms with Gasteiger partial charge in [-0.25, -0.2) is 15.0 Å². The minimum absolute atomic E-state index is 0.139. The quantitative estimate of drug-likeness (QED) is 0.412. The van der Waals surface area contributed by atoms with Crippen molar-refractivity contribution in [1.29, 1.82) is 0 Å². The maximum absolute atomic E-state index is 9.41. The Balaban J connectivity index is 2.46. The lowest BCUT2D eigenvalue weighted by atomic mass is 10.2. The molecule has 2 rings (SSSR count). The second kappa shape index (κ2) is 5.11. The van der Waals surface area contributed by atoms with Gasteiger partial charge in [0.1, 0.15) is 5.82 Å². The summed E-state index contributed by atoms with van der Waals surface area (Å²) in [6.45, 7) is 1.75. The van der Waals surface area contributed by atoms with Gasteiger partial charge in [0.25, 0.3) is 11.9 Å². The number of nitrogens with zero attached hydrogens (tertiary/aromatic N) is 6. The fourth-order valence-electron chi connectivity index (χ4n) is 1.46. The van der Waals surface area contributed by atoms with E-state index in [9.17, 15) is 5.21 Å². The summed E-state index contributed by atoms with van der Waals surface area (Å²) in [5, 5.41) is 14.4. The first-order valence-electron chi connectivity index (χ1n) is 5.54. The van der Waals surface area contributed by atoms with E-state index in [1.807, 2.05) is 0 Å². The number of hydrogen-bond donors (Lipinski definition) is 3. The molecular weight excluding hydrogens is 266 g/mol. The molecule has 0 spiro atoms. The van der Waals surface area contributed by atoms with Crippen LogP contribution in [0.4, 0.5) is 5.95 Å². The largest absolute Gasteiger partial charge is 0.317 e. The number of anilines is 1. The van der Waals surface area contributed by atoms with E-state index in [1.54, 1.807) is 25.4 Å². The Labute approximate surface area is 115 Å². The summed E-state index contributed by atoms with van der Waals surface area (Å²) in [5.74, 6) is 1.01. The molecule has 2 aromatic heterocycles. The molecule has 1 atom stereocenters. The van der Waals surface area contributed by atoms with Crippen LogP contribution < -0.4 is 10.8 Å². The average molecular weight is 281 g/mol. The molecule has 0 fully saturated rings. The molecule has 0 aliphatic carbocycles. The van der Waals surface area contributed by atoms with E-state index in [4.69, 9.17) is 5.73 Å². The van der Waals surface area contributed by atoms with Crippen molar-refractivity contribution in [1.82, 2.24) is 24.7 Å². The van der Waals surface area contributed by atoms with Gasteiger partial charge in [-0.05, 0) is 13.0 Å². The normalized spacial score (nSPS) is 14.2. The molecule has 0 aliphatic heterocycles.